The van der Waals surface area contributed by atoms with Gasteiger partial charge < -0.3 is 15.4 Å². The Hall–Kier alpha value is -1.55. The summed E-state index contributed by atoms with van der Waals surface area (Å²) in [4.78, 5) is 14.1. The van der Waals surface area contributed by atoms with Crippen molar-refractivity contribution in [1.29, 1.82) is 0 Å². The molecule has 0 aromatic heterocycles. The van der Waals surface area contributed by atoms with Crippen LogP contribution in [0.1, 0.15) is 30.4 Å². The Morgan fingerprint density at radius 2 is 2.25 bits per heavy atom. The van der Waals surface area contributed by atoms with Crippen molar-refractivity contribution in [2.24, 2.45) is 5.73 Å². The molecule has 1 amide bonds. The SMILES string of the molecule is Cc1cccc(OCCC(=O)N2CCC[C@H]2CN)c1C. The number of likely N-dealkylation sites (tertiary alicyclic amines) is 1. The number of hydrogen-bond donors (Lipinski definition) is 1. The standard InChI is InChI=1S/C16H24N2O2/c1-12-5-3-7-15(13(12)2)20-10-8-16(19)18-9-4-6-14(18)11-17/h3,5,7,14H,4,6,8-11,17H2,1-2H3/t14-/m0/s1. The van der Waals surface area contributed by atoms with Crippen LogP contribution in [0.25, 0.3) is 0 Å². The summed E-state index contributed by atoms with van der Waals surface area (Å²) < 4.78 is 5.74. The predicted octanol–water partition coefficient (Wildman–Crippen LogP) is 2.02. The van der Waals surface area contributed by atoms with Gasteiger partial charge in [-0.1, -0.05) is 12.1 Å². The van der Waals surface area contributed by atoms with Gasteiger partial charge in [-0.3, -0.25) is 4.79 Å². The van der Waals surface area contributed by atoms with Crippen molar-refractivity contribution in [1.82, 2.24) is 4.90 Å². The highest BCUT2D eigenvalue weighted by Crippen LogP contribution is 2.21. The molecule has 20 heavy (non-hydrogen) atoms. The van der Waals surface area contributed by atoms with Crippen LogP contribution in [0.2, 0.25) is 0 Å². The second kappa shape index (κ2) is 6.75. The zero-order valence-corrected chi connectivity index (χ0v) is 12.4. The van der Waals surface area contributed by atoms with E-state index in [1.165, 1.54) is 5.56 Å². The predicted molar refractivity (Wildman–Crippen MR) is 79.8 cm³/mol. The Labute approximate surface area is 120 Å². The molecule has 0 saturated carbocycles. The first kappa shape index (κ1) is 14.9. The molecule has 1 atom stereocenters. The summed E-state index contributed by atoms with van der Waals surface area (Å²) >= 11 is 0. The molecule has 0 bridgehead atoms. The third-order valence-electron chi connectivity index (χ3n) is 4.10. The van der Waals surface area contributed by atoms with Gasteiger partial charge >= 0.3 is 0 Å². The van der Waals surface area contributed by atoms with Crippen LogP contribution in [-0.2, 0) is 4.79 Å². The smallest absolute Gasteiger partial charge is 0.226 e. The van der Waals surface area contributed by atoms with Gasteiger partial charge in [-0.2, -0.15) is 0 Å². The average molecular weight is 276 g/mol. The van der Waals surface area contributed by atoms with Crippen LogP contribution in [-0.4, -0.2) is 36.5 Å². The highest BCUT2D eigenvalue weighted by Gasteiger charge is 2.27. The molecule has 1 heterocycles. The summed E-state index contributed by atoms with van der Waals surface area (Å²) in [6, 6.07) is 6.21. The first-order valence-corrected chi connectivity index (χ1v) is 7.32. The third-order valence-corrected chi connectivity index (χ3v) is 4.10. The number of rotatable bonds is 5. The molecular formula is C16H24N2O2. The molecule has 1 fully saturated rings. The molecule has 110 valence electrons. The summed E-state index contributed by atoms with van der Waals surface area (Å²) in [5.74, 6) is 1.03. The number of nitrogens with two attached hydrogens (primary N) is 1. The van der Waals surface area contributed by atoms with Gasteiger partial charge in [0.1, 0.15) is 5.75 Å². The lowest BCUT2D eigenvalue weighted by Crippen LogP contribution is -2.40. The van der Waals surface area contributed by atoms with Gasteiger partial charge in [0.05, 0.1) is 13.0 Å². The van der Waals surface area contributed by atoms with Crippen molar-refractivity contribution in [3.8, 4) is 5.75 Å². The van der Waals surface area contributed by atoms with E-state index in [0.29, 0.717) is 19.6 Å². The number of aryl methyl sites for hydroxylation is 1. The fraction of sp³-hybridized carbons (Fsp3) is 0.562. The lowest BCUT2D eigenvalue weighted by atomic mass is 10.1. The fourth-order valence-electron chi connectivity index (χ4n) is 2.68. The molecule has 0 unspecified atom stereocenters. The van der Waals surface area contributed by atoms with Crippen LogP contribution in [0.5, 0.6) is 5.75 Å². The highest BCUT2D eigenvalue weighted by molar-refractivity contribution is 5.77. The average Bonchev–Trinajstić information content (AvgIpc) is 2.92. The van der Waals surface area contributed by atoms with Crippen LogP contribution in [0.4, 0.5) is 0 Å². The van der Waals surface area contributed by atoms with Gasteiger partial charge in [0, 0.05) is 19.1 Å². The normalized spacial score (nSPS) is 18.4. The van der Waals surface area contributed by atoms with Gasteiger partial charge in [0.15, 0.2) is 0 Å². The Kier molecular flexibility index (Phi) is 5.01. The minimum atomic E-state index is 0.156. The second-order valence-corrected chi connectivity index (χ2v) is 5.42. The van der Waals surface area contributed by atoms with Gasteiger partial charge in [0.25, 0.3) is 0 Å². The number of amides is 1. The number of benzene rings is 1. The summed E-state index contributed by atoms with van der Waals surface area (Å²) in [6.07, 6.45) is 2.51. The number of carbonyl (C=O) groups excluding carboxylic acids is 1. The van der Waals surface area contributed by atoms with Crippen molar-refractivity contribution in [2.45, 2.75) is 39.2 Å². The van der Waals surface area contributed by atoms with E-state index < -0.39 is 0 Å². The quantitative estimate of drug-likeness (QED) is 0.895. The number of nitrogens with zero attached hydrogens (tertiary/aromatic N) is 1. The van der Waals surface area contributed by atoms with Crippen LogP contribution < -0.4 is 10.5 Å². The molecule has 0 spiro atoms. The Morgan fingerprint density at radius 3 is 3.00 bits per heavy atom. The van der Waals surface area contributed by atoms with E-state index in [0.717, 1.165) is 30.7 Å². The second-order valence-electron chi connectivity index (χ2n) is 5.42. The van der Waals surface area contributed by atoms with Crippen molar-refractivity contribution >= 4 is 5.91 Å². The molecule has 1 aliphatic heterocycles. The number of hydrogen-bond acceptors (Lipinski definition) is 3. The van der Waals surface area contributed by atoms with E-state index in [9.17, 15) is 4.79 Å². The van der Waals surface area contributed by atoms with E-state index in [2.05, 4.69) is 13.0 Å². The largest absolute Gasteiger partial charge is 0.493 e. The molecule has 1 aromatic rings. The lowest BCUT2D eigenvalue weighted by molar-refractivity contribution is -0.132. The maximum absolute atomic E-state index is 12.1. The van der Waals surface area contributed by atoms with E-state index in [1.54, 1.807) is 0 Å². The maximum atomic E-state index is 12.1. The van der Waals surface area contributed by atoms with Crippen LogP contribution >= 0.6 is 0 Å². The maximum Gasteiger partial charge on any atom is 0.226 e. The van der Waals surface area contributed by atoms with E-state index in [-0.39, 0.29) is 11.9 Å². The van der Waals surface area contributed by atoms with Crippen LogP contribution in [0.3, 0.4) is 0 Å². The zero-order valence-electron chi connectivity index (χ0n) is 12.4. The van der Waals surface area contributed by atoms with Crippen molar-refractivity contribution in [3.05, 3.63) is 29.3 Å². The molecule has 0 radical (unpaired) electrons. The van der Waals surface area contributed by atoms with Crippen molar-refractivity contribution in [2.75, 3.05) is 19.7 Å². The minimum Gasteiger partial charge on any atom is -0.493 e. The van der Waals surface area contributed by atoms with E-state index >= 15 is 0 Å². The molecule has 1 aliphatic rings. The van der Waals surface area contributed by atoms with Gasteiger partial charge in [-0.05, 0) is 43.9 Å². The van der Waals surface area contributed by atoms with Crippen LogP contribution in [0, 0.1) is 13.8 Å². The number of carbonyl (C=O) groups is 1. The molecule has 4 nitrogen and oxygen atoms in total. The highest BCUT2D eigenvalue weighted by atomic mass is 16.5. The zero-order chi connectivity index (χ0) is 14.5. The number of ether oxygens (including phenoxy) is 1. The summed E-state index contributed by atoms with van der Waals surface area (Å²) in [6.45, 7) is 5.92. The van der Waals surface area contributed by atoms with Crippen molar-refractivity contribution in [3.63, 3.8) is 0 Å². The molecular weight excluding hydrogens is 252 g/mol. The van der Waals surface area contributed by atoms with Gasteiger partial charge in [-0.25, -0.2) is 0 Å². The Bertz CT molecular complexity index is 474. The van der Waals surface area contributed by atoms with Crippen LogP contribution in [0.15, 0.2) is 18.2 Å². The molecule has 1 aromatic carbocycles. The summed E-state index contributed by atoms with van der Waals surface area (Å²) in [7, 11) is 0. The molecule has 2 N–H and O–H groups in total. The molecule has 2 rings (SSSR count). The third kappa shape index (κ3) is 3.31. The van der Waals surface area contributed by atoms with Crippen molar-refractivity contribution < 1.29 is 9.53 Å². The lowest BCUT2D eigenvalue weighted by Gasteiger charge is -2.23. The van der Waals surface area contributed by atoms with E-state index in [4.69, 9.17) is 10.5 Å². The Morgan fingerprint density at radius 1 is 1.45 bits per heavy atom. The molecule has 1 saturated heterocycles. The first-order chi connectivity index (χ1) is 9.63. The fourth-order valence-corrected chi connectivity index (χ4v) is 2.68. The first-order valence-electron chi connectivity index (χ1n) is 7.32. The Balaban J connectivity index is 1.84. The molecule has 4 heteroatoms. The van der Waals surface area contributed by atoms with Gasteiger partial charge in [-0.15, -0.1) is 0 Å². The molecule has 0 aliphatic carbocycles. The minimum absolute atomic E-state index is 0.156. The topological polar surface area (TPSA) is 55.6 Å². The van der Waals surface area contributed by atoms with E-state index in [1.807, 2.05) is 24.0 Å². The summed E-state index contributed by atoms with van der Waals surface area (Å²) in [5.41, 5.74) is 8.04. The van der Waals surface area contributed by atoms with Gasteiger partial charge in [0.2, 0.25) is 5.91 Å². The monoisotopic (exact) mass is 276 g/mol. The summed E-state index contributed by atoms with van der Waals surface area (Å²) in [5, 5.41) is 0.